The number of benzene rings is 2. The third kappa shape index (κ3) is 2.72. The van der Waals surface area contributed by atoms with Crippen LogP contribution in [0.2, 0.25) is 0 Å². The first-order chi connectivity index (χ1) is 9.85. The molecule has 0 fully saturated rings. The molecule has 0 unspecified atom stereocenters. The van der Waals surface area contributed by atoms with Crippen molar-refractivity contribution in [3.05, 3.63) is 66.5 Å². The number of anilines is 1. The topological polar surface area (TPSA) is 34.2 Å². The molecule has 3 aromatic rings. The number of rotatable bonds is 4. The first-order valence-electron chi connectivity index (χ1n) is 6.59. The molecule has 0 aliphatic carbocycles. The minimum Gasteiger partial charge on any atom is -0.487 e. The second-order valence-electron chi connectivity index (χ2n) is 4.58. The van der Waals surface area contributed by atoms with Crippen molar-refractivity contribution in [2.45, 2.75) is 6.61 Å². The van der Waals surface area contributed by atoms with Crippen LogP contribution in [-0.4, -0.2) is 12.0 Å². The number of nitrogens with zero attached hydrogens (tertiary/aromatic N) is 1. The minimum atomic E-state index is 0.466. The van der Waals surface area contributed by atoms with E-state index in [1.165, 1.54) is 10.8 Å². The van der Waals surface area contributed by atoms with Crippen molar-refractivity contribution >= 4 is 16.5 Å². The predicted molar refractivity (Wildman–Crippen MR) is 82.1 cm³/mol. The molecule has 0 bridgehead atoms. The van der Waals surface area contributed by atoms with Crippen LogP contribution in [0.5, 0.6) is 5.75 Å². The van der Waals surface area contributed by atoms with Crippen LogP contribution < -0.4 is 10.1 Å². The molecule has 3 nitrogen and oxygen atoms in total. The quantitative estimate of drug-likeness (QED) is 0.777. The van der Waals surface area contributed by atoms with E-state index in [0.29, 0.717) is 6.61 Å². The van der Waals surface area contributed by atoms with E-state index in [-0.39, 0.29) is 0 Å². The number of aromatic nitrogens is 1. The summed E-state index contributed by atoms with van der Waals surface area (Å²) in [5.41, 5.74) is 1.95. The largest absolute Gasteiger partial charge is 0.487 e. The predicted octanol–water partition coefficient (Wildman–Crippen LogP) is 3.86. The van der Waals surface area contributed by atoms with Gasteiger partial charge in [-0.2, -0.15) is 0 Å². The normalized spacial score (nSPS) is 10.4. The van der Waals surface area contributed by atoms with Gasteiger partial charge >= 0.3 is 0 Å². The van der Waals surface area contributed by atoms with Gasteiger partial charge in [0.25, 0.3) is 0 Å². The summed E-state index contributed by atoms with van der Waals surface area (Å²) in [4.78, 5) is 4.30. The molecule has 0 spiro atoms. The molecule has 2 aromatic carbocycles. The second kappa shape index (κ2) is 5.61. The zero-order chi connectivity index (χ0) is 13.8. The monoisotopic (exact) mass is 264 g/mol. The summed E-state index contributed by atoms with van der Waals surface area (Å²) in [7, 11) is 1.89. The molecule has 100 valence electrons. The van der Waals surface area contributed by atoms with Crippen LogP contribution in [-0.2, 0) is 6.61 Å². The van der Waals surface area contributed by atoms with Gasteiger partial charge in [-0.1, -0.05) is 30.3 Å². The number of nitrogens with one attached hydrogen (secondary N) is 1. The van der Waals surface area contributed by atoms with E-state index in [4.69, 9.17) is 4.74 Å². The van der Waals surface area contributed by atoms with Crippen LogP contribution in [0, 0.1) is 0 Å². The van der Waals surface area contributed by atoms with E-state index < -0.39 is 0 Å². The first kappa shape index (κ1) is 12.5. The summed E-state index contributed by atoms with van der Waals surface area (Å²) in [5.74, 6) is 0.861. The lowest BCUT2D eigenvalue weighted by Gasteiger charge is -2.08. The Kier molecular flexibility index (Phi) is 3.50. The Bertz CT molecular complexity index is 725. The highest BCUT2D eigenvalue weighted by molar-refractivity contribution is 5.83. The smallest absolute Gasteiger partial charge is 0.130 e. The SMILES string of the molecule is CNc1ccnc(COc2ccc3ccccc3c2)c1. The van der Waals surface area contributed by atoms with E-state index >= 15 is 0 Å². The third-order valence-corrected chi connectivity index (χ3v) is 3.21. The molecule has 0 saturated carbocycles. The van der Waals surface area contributed by atoms with Crippen molar-refractivity contribution in [1.29, 1.82) is 0 Å². The number of hydrogen-bond donors (Lipinski definition) is 1. The van der Waals surface area contributed by atoms with Gasteiger partial charge in [0.15, 0.2) is 0 Å². The molecule has 1 heterocycles. The van der Waals surface area contributed by atoms with Gasteiger partial charge in [0.05, 0.1) is 5.69 Å². The summed E-state index contributed by atoms with van der Waals surface area (Å²) in [6, 6.07) is 18.3. The Labute approximate surface area is 118 Å². The number of hydrogen-bond acceptors (Lipinski definition) is 3. The Morgan fingerprint density at radius 3 is 2.70 bits per heavy atom. The number of fused-ring (bicyclic) bond motifs is 1. The van der Waals surface area contributed by atoms with Crippen molar-refractivity contribution in [2.75, 3.05) is 12.4 Å². The maximum atomic E-state index is 5.81. The van der Waals surface area contributed by atoms with Gasteiger partial charge in [-0.3, -0.25) is 4.98 Å². The van der Waals surface area contributed by atoms with Crippen LogP contribution in [0.1, 0.15) is 5.69 Å². The lowest BCUT2D eigenvalue weighted by Crippen LogP contribution is -1.99. The van der Waals surface area contributed by atoms with Crippen molar-refractivity contribution < 1.29 is 4.74 Å². The lowest BCUT2D eigenvalue weighted by molar-refractivity contribution is 0.302. The highest BCUT2D eigenvalue weighted by Gasteiger charge is 2.00. The van der Waals surface area contributed by atoms with E-state index in [2.05, 4.69) is 34.6 Å². The molecule has 3 rings (SSSR count). The van der Waals surface area contributed by atoms with Crippen molar-refractivity contribution in [1.82, 2.24) is 4.98 Å². The molecule has 1 aromatic heterocycles. The fourth-order valence-corrected chi connectivity index (χ4v) is 2.13. The van der Waals surface area contributed by atoms with Crippen LogP contribution in [0.4, 0.5) is 5.69 Å². The Hall–Kier alpha value is -2.55. The van der Waals surface area contributed by atoms with Gasteiger partial charge in [0.1, 0.15) is 12.4 Å². The zero-order valence-electron chi connectivity index (χ0n) is 11.3. The summed E-state index contributed by atoms with van der Waals surface area (Å²) >= 11 is 0. The molecule has 0 saturated heterocycles. The molecule has 20 heavy (non-hydrogen) atoms. The lowest BCUT2D eigenvalue weighted by atomic mass is 10.1. The van der Waals surface area contributed by atoms with Crippen LogP contribution in [0.3, 0.4) is 0 Å². The highest BCUT2D eigenvalue weighted by Crippen LogP contribution is 2.21. The Morgan fingerprint density at radius 1 is 1.00 bits per heavy atom. The maximum Gasteiger partial charge on any atom is 0.130 e. The molecule has 0 aliphatic heterocycles. The second-order valence-corrected chi connectivity index (χ2v) is 4.58. The standard InChI is InChI=1S/C17H16N2O/c1-18-15-8-9-19-16(11-15)12-20-17-7-6-13-4-2-3-5-14(13)10-17/h2-11H,12H2,1H3,(H,18,19). The van der Waals surface area contributed by atoms with Gasteiger partial charge in [-0.25, -0.2) is 0 Å². The fraction of sp³-hybridized carbons (Fsp3) is 0.118. The first-order valence-corrected chi connectivity index (χ1v) is 6.59. The van der Waals surface area contributed by atoms with E-state index in [1.807, 2.05) is 37.4 Å². The van der Waals surface area contributed by atoms with Crippen LogP contribution >= 0.6 is 0 Å². The molecular formula is C17H16N2O. The van der Waals surface area contributed by atoms with E-state index in [1.54, 1.807) is 6.20 Å². The molecule has 1 N–H and O–H groups in total. The minimum absolute atomic E-state index is 0.466. The third-order valence-electron chi connectivity index (χ3n) is 3.21. The summed E-state index contributed by atoms with van der Waals surface area (Å²) in [6.45, 7) is 0.466. The average molecular weight is 264 g/mol. The van der Waals surface area contributed by atoms with Crippen molar-refractivity contribution in [2.24, 2.45) is 0 Å². The Morgan fingerprint density at radius 2 is 1.85 bits per heavy atom. The molecule has 3 heteroatoms. The molecule has 0 radical (unpaired) electrons. The highest BCUT2D eigenvalue weighted by atomic mass is 16.5. The molecular weight excluding hydrogens is 248 g/mol. The molecule has 0 aliphatic rings. The average Bonchev–Trinajstić information content (AvgIpc) is 2.53. The van der Waals surface area contributed by atoms with Gasteiger partial charge in [0, 0.05) is 18.9 Å². The molecule has 0 atom stereocenters. The van der Waals surface area contributed by atoms with Crippen LogP contribution in [0.25, 0.3) is 10.8 Å². The van der Waals surface area contributed by atoms with Gasteiger partial charge < -0.3 is 10.1 Å². The Balaban J connectivity index is 1.76. The van der Waals surface area contributed by atoms with Gasteiger partial charge in [0.2, 0.25) is 0 Å². The molecule has 0 amide bonds. The van der Waals surface area contributed by atoms with E-state index in [0.717, 1.165) is 17.1 Å². The van der Waals surface area contributed by atoms with E-state index in [9.17, 15) is 0 Å². The maximum absolute atomic E-state index is 5.81. The zero-order valence-corrected chi connectivity index (χ0v) is 11.3. The van der Waals surface area contributed by atoms with Crippen molar-refractivity contribution in [3.63, 3.8) is 0 Å². The summed E-state index contributed by atoms with van der Waals surface area (Å²) in [6.07, 6.45) is 1.78. The van der Waals surface area contributed by atoms with Crippen LogP contribution in [0.15, 0.2) is 60.8 Å². The fourth-order valence-electron chi connectivity index (χ4n) is 2.13. The summed E-state index contributed by atoms with van der Waals surface area (Å²) < 4.78 is 5.81. The van der Waals surface area contributed by atoms with Gasteiger partial charge in [-0.05, 0) is 35.0 Å². The number of pyridine rings is 1. The number of ether oxygens (including phenoxy) is 1. The van der Waals surface area contributed by atoms with Gasteiger partial charge in [-0.15, -0.1) is 0 Å². The van der Waals surface area contributed by atoms with Crippen molar-refractivity contribution in [3.8, 4) is 5.75 Å². The summed E-state index contributed by atoms with van der Waals surface area (Å²) in [5, 5.41) is 5.49.